The highest BCUT2D eigenvalue weighted by atomic mass is 79.9. The third-order valence-corrected chi connectivity index (χ3v) is 3.47. The number of halogens is 1. The Bertz CT molecular complexity index is 746. The van der Waals surface area contributed by atoms with Crippen molar-refractivity contribution in [1.29, 1.82) is 0 Å². The molecule has 0 unspecified atom stereocenters. The summed E-state index contributed by atoms with van der Waals surface area (Å²) in [6.07, 6.45) is 3.48. The minimum atomic E-state index is -0.111. The summed E-state index contributed by atoms with van der Waals surface area (Å²) in [6.45, 7) is 0.725. The molecule has 0 spiro atoms. The van der Waals surface area contributed by atoms with Gasteiger partial charge in [-0.3, -0.25) is 4.79 Å². The topological polar surface area (TPSA) is 52.5 Å². The first-order valence-electron chi connectivity index (χ1n) is 5.57. The molecule has 90 valence electrons. The second-order valence-corrected chi connectivity index (χ2v) is 4.93. The maximum atomic E-state index is 11.7. The maximum Gasteiger partial charge on any atom is 0.299 e. The molecule has 0 radical (unpaired) electrons. The lowest BCUT2D eigenvalue weighted by atomic mass is 10.2. The smallest absolute Gasteiger partial charge is 0.299 e. The third kappa shape index (κ3) is 1.86. The van der Waals surface area contributed by atoms with Crippen LogP contribution in [0.3, 0.4) is 0 Å². The van der Waals surface area contributed by atoms with Crippen LogP contribution in [0.5, 0.6) is 0 Å². The number of nitrogens with zero attached hydrogens (tertiary/aromatic N) is 1. The number of hydrogen-bond acceptors (Lipinski definition) is 1. The van der Waals surface area contributed by atoms with Crippen LogP contribution >= 0.6 is 15.9 Å². The van der Waals surface area contributed by atoms with Gasteiger partial charge in [-0.1, -0.05) is 30.3 Å². The van der Waals surface area contributed by atoms with E-state index in [0.717, 1.165) is 16.5 Å². The highest BCUT2D eigenvalue weighted by molar-refractivity contribution is 9.10. The fourth-order valence-corrected chi connectivity index (χ4v) is 2.56. The predicted octanol–water partition coefficient (Wildman–Crippen LogP) is 1.95. The highest BCUT2D eigenvalue weighted by Gasteiger charge is 2.16. The predicted molar refractivity (Wildman–Crippen MR) is 72.4 cm³/mol. The third-order valence-electron chi connectivity index (χ3n) is 2.87. The zero-order valence-corrected chi connectivity index (χ0v) is 11.1. The normalized spacial score (nSPS) is 10.9. The van der Waals surface area contributed by atoms with E-state index in [9.17, 15) is 4.79 Å². The average Bonchev–Trinajstić information content (AvgIpc) is 2.80. The van der Waals surface area contributed by atoms with E-state index < -0.39 is 0 Å². The van der Waals surface area contributed by atoms with Gasteiger partial charge in [-0.25, -0.2) is 9.55 Å². The fourth-order valence-electron chi connectivity index (χ4n) is 2.02. The Labute approximate surface area is 111 Å². The first-order chi connectivity index (χ1) is 8.75. The van der Waals surface area contributed by atoms with Crippen LogP contribution < -0.4 is 10.1 Å². The van der Waals surface area contributed by atoms with E-state index in [-0.39, 0.29) is 5.56 Å². The van der Waals surface area contributed by atoms with Crippen LogP contribution in [-0.4, -0.2) is 9.97 Å². The van der Waals surface area contributed by atoms with Crippen LogP contribution in [-0.2, 0) is 6.54 Å². The molecule has 0 bridgehead atoms. The van der Waals surface area contributed by atoms with Crippen molar-refractivity contribution >= 4 is 27.0 Å². The van der Waals surface area contributed by atoms with Crippen LogP contribution in [0.2, 0.25) is 0 Å². The molecule has 2 heterocycles. The SMILES string of the molecule is O=c1[nH]cc(Br)c2c1[nH]c[n+]2Cc1ccccc1. The van der Waals surface area contributed by atoms with Crippen molar-refractivity contribution in [2.24, 2.45) is 0 Å². The Morgan fingerprint density at radius 2 is 1.94 bits per heavy atom. The summed E-state index contributed by atoms with van der Waals surface area (Å²) in [5.41, 5.74) is 2.54. The molecule has 0 aliphatic heterocycles. The monoisotopic (exact) mass is 304 g/mol. The zero-order chi connectivity index (χ0) is 12.5. The van der Waals surface area contributed by atoms with Gasteiger partial charge in [-0.15, -0.1) is 0 Å². The first kappa shape index (κ1) is 11.2. The maximum absolute atomic E-state index is 11.7. The Kier molecular flexibility index (Phi) is 2.76. The van der Waals surface area contributed by atoms with Gasteiger partial charge in [0.05, 0.1) is 4.47 Å². The van der Waals surface area contributed by atoms with Gasteiger partial charge in [-0.2, -0.15) is 0 Å². The molecule has 5 heteroatoms. The minimum Gasteiger partial charge on any atom is -0.324 e. The molecule has 18 heavy (non-hydrogen) atoms. The number of hydrogen-bond donors (Lipinski definition) is 2. The molecule has 0 atom stereocenters. The summed E-state index contributed by atoms with van der Waals surface area (Å²) in [5.74, 6) is 0. The van der Waals surface area contributed by atoms with Gasteiger partial charge in [-0.05, 0) is 21.5 Å². The number of benzene rings is 1. The zero-order valence-electron chi connectivity index (χ0n) is 9.48. The quantitative estimate of drug-likeness (QED) is 0.699. The number of rotatable bonds is 2. The second kappa shape index (κ2) is 4.42. The van der Waals surface area contributed by atoms with Crippen molar-refractivity contribution < 1.29 is 4.57 Å². The fraction of sp³-hybridized carbons (Fsp3) is 0.0769. The molecule has 0 amide bonds. The molecular weight excluding hydrogens is 294 g/mol. The molecule has 1 aromatic carbocycles. The van der Waals surface area contributed by atoms with Crippen molar-refractivity contribution in [3.8, 4) is 0 Å². The van der Waals surface area contributed by atoms with Crippen LogP contribution in [0.25, 0.3) is 11.0 Å². The van der Waals surface area contributed by atoms with Crippen LogP contribution in [0.4, 0.5) is 0 Å². The lowest BCUT2D eigenvalue weighted by Gasteiger charge is -1.99. The number of pyridine rings is 1. The average molecular weight is 305 g/mol. The standard InChI is InChI=1S/C13H10BrN3O/c14-10-6-15-13(18)11-12(10)17(8-16-11)7-9-4-2-1-3-5-9/h1-6,8H,7H2,(H,15,18)/p+1. The molecular formula is C13H11BrN3O+. The first-order valence-corrected chi connectivity index (χ1v) is 6.36. The van der Waals surface area contributed by atoms with E-state index in [4.69, 9.17) is 0 Å². The molecule has 3 rings (SSSR count). The van der Waals surface area contributed by atoms with Crippen molar-refractivity contribution in [3.05, 3.63) is 63.2 Å². The van der Waals surface area contributed by atoms with E-state index >= 15 is 0 Å². The van der Waals surface area contributed by atoms with Crippen LogP contribution in [0.1, 0.15) is 5.56 Å². The summed E-state index contributed by atoms with van der Waals surface area (Å²) >= 11 is 3.46. The Hall–Kier alpha value is -1.88. The Morgan fingerprint density at radius 1 is 1.17 bits per heavy atom. The molecule has 3 aromatic rings. The van der Waals surface area contributed by atoms with Gasteiger partial charge < -0.3 is 4.98 Å². The molecule has 0 aliphatic carbocycles. The van der Waals surface area contributed by atoms with E-state index in [1.807, 2.05) is 29.1 Å². The summed E-state index contributed by atoms with van der Waals surface area (Å²) < 4.78 is 2.89. The summed E-state index contributed by atoms with van der Waals surface area (Å²) in [4.78, 5) is 17.4. The van der Waals surface area contributed by atoms with Gasteiger partial charge in [0, 0.05) is 6.20 Å². The number of aromatic nitrogens is 3. The number of aromatic amines is 2. The van der Waals surface area contributed by atoms with Gasteiger partial charge >= 0.3 is 0 Å². The highest BCUT2D eigenvalue weighted by Crippen LogP contribution is 2.15. The van der Waals surface area contributed by atoms with E-state index in [0.29, 0.717) is 5.52 Å². The van der Waals surface area contributed by atoms with Crippen LogP contribution in [0, 0.1) is 0 Å². The number of H-pyrrole nitrogens is 2. The molecule has 0 fully saturated rings. The summed E-state index contributed by atoms with van der Waals surface area (Å²) in [6, 6.07) is 10.1. The summed E-state index contributed by atoms with van der Waals surface area (Å²) in [7, 11) is 0. The largest absolute Gasteiger partial charge is 0.324 e. The Morgan fingerprint density at radius 3 is 2.72 bits per heavy atom. The van der Waals surface area contributed by atoms with Gasteiger partial charge in [0.2, 0.25) is 11.8 Å². The molecule has 2 N–H and O–H groups in total. The van der Waals surface area contributed by atoms with E-state index in [1.54, 1.807) is 6.20 Å². The number of fused-ring (bicyclic) bond motifs is 1. The number of imidazole rings is 1. The van der Waals surface area contributed by atoms with Crippen molar-refractivity contribution in [3.63, 3.8) is 0 Å². The lowest BCUT2D eigenvalue weighted by Crippen LogP contribution is -2.33. The Balaban J connectivity index is 2.14. The van der Waals surface area contributed by atoms with E-state index in [1.165, 1.54) is 5.56 Å². The van der Waals surface area contributed by atoms with Gasteiger partial charge in [0.25, 0.3) is 5.56 Å². The second-order valence-electron chi connectivity index (χ2n) is 4.08. The molecule has 0 aliphatic rings. The molecule has 2 aromatic heterocycles. The van der Waals surface area contributed by atoms with Crippen molar-refractivity contribution in [1.82, 2.24) is 9.97 Å². The van der Waals surface area contributed by atoms with Gasteiger partial charge in [0.1, 0.15) is 6.54 Å². The number of nitrogens with one attached hydrogen (secondary N) is 2. The van der Waals surface area contributed by atoms with E-state index in [2.05, 4.69) is 38.0 Å². The van der Waals surface area contributed by atoms with Gasteiger partial charge in [0.15, 0.2) is 5.52 Å². The van der Waals surface area contributed by atoms with Crippen molar-refractivity contribution in [2.75, 3.05) is 0 Å². The minimum absolute atomic E-state index is 0.111. The molecule has 0 saturated heterocycles. The van der Waals surface area contributed by atoms with Crippen molar-refractivity contribution in [2.45, 2.75) is 6.54 Å². The molecule has 0 saturated carbocycles. The lowest BCUT2D eigenvalue weighted by molar-refractivity contribution is -0.662. The summed E-state index contributed by atoms with van der Waals surface area (Å²) in [5, 5.41) is 0. The van der Waals surface area contributed by atoms with Crippen LogP contribution in [0.15, 0.2) is 52.1 Å². The molecule has 4 nitrogen and oxygen atoms in total.